The first-order valence-corrected chi connectivity index (χ1v) is 6.10. The van der Waals surface area contributed by atoms with Crippen LogP contribution in [0.15, 0.2) is 36.0 Å². The van der Waals surface area contributed by atoms with Gasteiger partial charge in [0.25, 0.3) is 0 Å². The molecule has 0 aliphatic heterocycles. The molecule has 0 aromatic carbocycles. The molecule has 3 aromatic rings. The van der Waals surface area contributed by atoms with Gasteiger partial charge in [-0.25, -0.2) is 9.97 Å². The first-order chi connectivity index (χ1) is 8.36. The quantitative estimate of drug-likeness (QED) is 0.748. The van der Waals surface area contributed by atoms with Gasteiger partial charge in [0.2, 0.25) is 0 Å². The first kappa shape index (κ1) is 10.3. The Balaban J connectivity index is 2.12. The summed E-state index contributed by atoms with van der Waals surface area (Å²) in [6.07, 6.45) is 3.52. The van der Waals surface area contributed by atoms with Crippen LogP contribution in [-0.2, 0) is 6.54 Å². The van der Waals surface area contributed by atoms with E-state index in [4.69, 9.17) is 5.73 Å². The molecule has 0 spiro atoms. The van der Waals surface area contributed by atoms with Crippen molar-refractivity contribution >= 4 is 21.6 Å². The maximum Gasteiger partial charge on any atom is 0.161 e. The van der Waals surface area contributed by atoms with Crippen LogP contribution in [0.4, 0.5) is 0 Å². The summed E-state index contributed by atoms with van der Waals surface area (Å²) in [5.41, 5.74) is 8.34. The highest BCUT2D eigenvalue weighted by molar-refractivity contribution is 7.17. The maximum absolute atomic E-state index is 5.57. The molecule has 3 heterocycles. The standard InChI is InChI=1S/C12H10N4S/c13-6-9-1-3-14-12(16-9)8-5-11-10(15-7-8)2-4-17-11/h1-5,7H,6,13H2. The van der Waals surface area contributed by atoms with Crippen molar-refractivity contribution in [2.45, 2.75) is 6.54 Å². The minimum absolute atomic E-state index is 0.421. The molecule has 0 radical (unpaired) electrons. The van der Waals surface area contributed by atoms with Gasteiger partial charge in [-0.1, -0.05) is 0 Å². The van der Waals surface area contributed by atoms with Gasteiger partial charge in [0.15, 0.2) is 5.82 Å². The van der Waals surface area contributed by atoms with Crippen LogP contribution in [0.25, 0.3) is 21.6 Å². The lowest BCUT2D eigenvalue weighted by atomic mass is 10.2. The fourth-order valence-electron chi connectivity index (χ4n) is 1.62. The van der Waals surface area contributed by atoms with Gasteiger partial charge in [0.05, 0.1) is 15.9 Å². The zero-order valence-corrected chi connectivity index (χ0v) is 9.81. The lowest BCUT2D eigenvalue weighted by molar-refractivity contribution is 0.969. The Hall–Kier alpha value is -1.85. The van der Waals surface area contributed by atoms with Gasteiger partial charge in [0.1, 0.15) is 0 Å². The maximum atomic E-state index is 5.57. The number of nitrogens with two attached hydrogens (primary N) is 1. The molecule has 5 heteroatoms. The van der Waals surface area contributed by atoms with E-state index in [2.05, 4.69) is 21.0 Å². The molecular formula is C12H10N4S. The molecule has 3 aromatic heterocycles. The summed E-state index contributed by atoms with van der Waals surface area (Å²) in [6.45, 7) is 0.421. The van der Waals surface area contributed by atoms with Crippen molar-refractivity contribution in [1.82, 2.24) is 15.0 Å². The Bertz CT molecular complexity index is 662. The average molecular weight is 242 g/mol. The molecule has 84 valence electrons. The third-order valence-electron chi connectivity index (χ3n) is 2.48. The smallest absolute Gasteiger partial charge is 0.161 e. The number of thiophene rings is 1. The van der Waals surface area contributed by atoms with Gasteiger partial charge < -0.3 is 5.73 Å². The van der Waals surface area contributed by atoms with Crippen molar-refractivity contribution in [3.05, 3.63) is 41.7 Å². The fourth-order valence-corrected chi connectivity index (χ4v) is 2.40. The lowest BCUT2D eigenvalue weighted by Gasteiger charge is -2.01. The summed E-state index contributed by atoms with van der Waals surface area (Å²) in [7, 11) is 0. The van der Waals surface area contributed by atoms with Crippen LogP contribution in [-0.4, -0.2) is 15.0 Å². The van der Waals surface area contributed by atoms with E-state index in [9.17, 15) is 0 Å². The highest BCUT2D eigenvalue weighted by Crippen LogP contribution is 2.23. The predicted octanol–water partition coefficient (Wildman–Crippen LogP) is 2.21. The largest absolute Gasteiger partial charge is 0.325 e. The second-order valence-corrected chi connectivity index (χ2v) is 4.55. The van der Waals surface area contributed by atoms with E-state index >= 15 is 0 Å². The summed E-state index contributed by atoms with van der Waals surface area (Å²) < 4.78 is 1.14. The zero-order valence-electron chi connectivity index (χ0n) is 9.00. The lowest BCUT2D eigenvalue weighted by Crippen LogP contribution is -2.01. The Labute approximate surface area is 102 Å². The molecule has 0 saturated carbocycles. The molecule has 3 rings (SSSR count). The molecule has 0 bridgehead atoms. The van der Waals surface area contributed by atoms with Crippen molar-refractivity contribution in [3.8, 4) is 11.4 Å². The highest BCUT2D eigenvalue weighted by Gasteiger charge is 2.04. The van der Waals surface area contributed by atoms with Crippen LogP contribution in [0, 0.1) is 0 Å². The van der Waals surface area contributed by atoms with Gasteiger partial charge in [-0.15, -0.1) is 11.3 Å². The van der Waals surface area contributed by atoms with E-state index < -0.39 is 0 Å². The second kappa shape index (κ2) is 4.20. The molecule has 0 unspecified atom stereocenters. The minimum atomic E-state index is 0.421. The average Bonchev–Trinajstić information content (AvgIpc) is 2.86. The number of hydrogen-bond acceptors (Lipinski definition) is 5. The third kappa shape index (κ3) is 1.90. The molecule has 0 atom stereocenters. The summed E-state index contributed by atoms with van der Waals surface area (Å²) in [4.78, 5) is 13.0. The molecule has 2 N–H and O–H groups in total. The molecule has 4 nitrogen and oxygen atoms in total. The number of hydrogen-bond donors (Lipinski definition) is 1. The van der Waals surface area contributed by atoms with E-state index in [1.165, 1.54) is 0 Å². The molecule has 0 aliphatic carbocycles. The monoisotopic (exact) mass is 242 g/mol. The molecule has 0 fully saturated rings. The fraction of sp³-hybridized carbons (Fsp3) is 0.0833. The number of pyridine rings is 1. The van der Waals surface area contributed by atoms with Crippen molar-refractivity contribution in [1.29, 1.82) is 0 Å². The van der Waals surface area contributed by atoms with Gasteiger partial charge in [-0.3, -0.25) is 4.98 Å². The van der Waals surface area contributed by atoms with E-state index in [0.29, 0.717) is 12.4 Å². The first-order valence-electron chi connectivity index (χ1n) is 5.22. The van der Waals surface area contributed by atoms with E-state index in [0.717, 1.165) is 21.5 Å². The van der Waals surface area contributed by atoms with Crippen LogP contribution in [0.5, 0.6) is 0 Å². The SMILES string of the molecule is NCc1ccnc(-c2cnc3ccsc3c2)n1. The molecule has 0 aliphatic rings. The molecule has 17 heavy (non-hydrogen) atoms. The van der Waals surface area contributed by atoms with Crippen molar-refractivity contribution in [2.24, 2.45) is 5.73 Å². The summed E-state index contributed by atoms with van der Waals surface area (Å²) >= 11 is 1.66. The van der Waals surface area contributed by atoms with E-state index in [1.54, 1.807) is 23.7 Å². The zero-order chi connectivity index (χ0) is 11.7. The van der Waals surface area contributed by atoms with Crippen LogP contribution < -0.4 is 5.73 Å². The summed E-state index contributed by atoms with van der Waals surface area (Å²) in [5.74, 6) is 0.677. The minimum Gasteiger partial charge on any atom is -0.325 e. The normalized spacial score (nSPS) is 10.9. The molecule has 0 saturated heterocycles. The Kier molecular flexibility index (Phi) is 2.55. The van der Waals surface area contributed by atoms with Gasteiger partial charge in [-0.2, -0.15) is 0 Å². The van der Waals surface area contributed by atoms with Crippen LogP contribution in [0.2, 0.25) is 0 Å². The molecule has 0 amide bonds. The van der Waals surface area contributed by atoms with Gasteiger partial charge in [0, 0.05) is 24.5 Å². The Morgan fingerprint density at radius 2 is 2.18 bits per heavy atom. The number of rotatable bonds is 2. The second-order valence-electron chi connectivity index (χ2n) is 3.60. The predicted molar refractivity (Wildman–Crippen MR) is 68.5 cm³/mol. The van der Waals surface area contributed by atoms with E-state index in [-0.39, 0.29) is 0 Å². The molecular weight excluding hydrogens is 232 g/mol. The van der Waals surface area contributed by atoms with Crippen LogP contribution in [0.1, 0.15) is 5.69 Å². The number of aromatic nitrogens is 3. The van der Waals surface area contributed by atoms with Crippen molar-refractivity contribution in [2.75, 3.05) is 0 Å². The summed E-state index contributed by atoms with van der Waals surface area (Å²) in [6, 6.07) is 5.88. The van der Waals surface area contributed by atoms with Crippen LogP contribution in [0.3, 0.4) is 0 Å². The number of nitrogens with zero attached hydrogens (tertiary/aromatic N) is 3. The van der Waals surface area contributed by atoms with Crippen molar-refractivity contribution in [3.63, 3.8) is 0 Å². The number of fused-ring (bicyclic) bond motifs is 1. The topological polar surface area (TPSA) is 64.7 Å². The van der Waals surface area contributed by atoms with E-state index in [1.807, 2.05) is 17.5 Å². The third-order valence-corrected chi connectivity index (χ3v) is 3.34. The summed E-state index contributed by atoms with van der Waals surface area (Å²) in [5, 5.41) is 2.03. The van der Waals surface area contributed by atoms with Gasteiger partial charge >= 0.3 is 0 Å². The van der Waals surface area contributed by atoms with Crippen molar-refractivity contribution < 1.29 is 0 Å². The van der Waals surface area contributed by atoms with Crippen LogP contribution >= 0.6 is 11.3 Å². The highest BCUT2D eigenvalue weighted by atomic mass is 32.1. The Morgan fingerprint density at radius 1 is 1.24 bits per heavy atom. The van der Waals surface area contributed by atoms with Gasteiger partial charge in [-0.05, 0) is 23.6 Å². The Morgan fingerprint density at radius 3 is 3.06 bits per heavy atom.